The van der Waals surface area contributed by atoms with Gasteiger partial charge in [-0.15, -0.1) is 0 Å². The van der Waals surface area contributed by atoms with Crippen LogP contribution in [0.1, 0.15) is 35.6 Å². The highest BCUT2D eigenvalue weighted by atomic mass is 16.5. The van der Waals surface area contributed by atoms with Crippen molar-refractivity contribution >= 4 is 0 Å². The molecule has 3 rings (SSSR count). The van der Waals surface area contributed by atoms with E-state index in [1.807, 2.05) is 24.3 Å². The van der Waals surface area contributed by atoms with Crippen molar-refractivity contribution in [1.29, 1.82) is 0 Å². The molecule has 4 nitrogen and oxygen atoms in total. The lowest BCUT2D eigenvalue weighted by Crippen LogP contribution is -2.31. The third-order valence-corrected chi connectivity index (χ3v) is 4.65. The van der Waals surface area contributed by atoms with Crippen molar-refractivity contribution in [3.63, 3.8) is 0 Å². The Labute approximate surface area is 149 Å². The number of benzene rings is 2. The molecular weight excluding hydrogens is 314 g/mol. The van der Waals surface area contributed by atoms with E-state index in [0.717, 1.165) is 30.6 Å². The molecule has 0 heterocycles. The SMILES string of the molecule is COc1cccc(CNC[C@H](O)CO[C@H]2CCCc3ccccc32)c1. The molecule has 0 radical (unpaired) electrons. The number of aliphatic hydroxyl groups excluding tert-OH is 1. The second kappa shape index (κ2) is 8.99. The van der Waals surface area contributed by atoms with Crippen LogP contribution in [0, 0.1) is 0 Å². The van der Waals surface area contributed by atoms with E-state index in [2.05, 4.69) is 29.6 Å². The Morgan fingerprint density at radius 1 is 1.20 bits per heavy atom. The predicted octanol–water partition coefficient (Wildman–Crippen LogP) is 3.24. The molecule has 2 atom stereocenters. The van der Waals surface area contributed by atoms with Crippen molar-refractivity contribution in [3.05, 3.63) is 65.2 Å². The lowest BCUT2D eigenvalue weighted by molar-refractivity contribution is -0.0167. The van der Waals surface area contributed by atoms with E-state index in [4.69, 9.17) is 9.47 Å². The summed E-state index contributed by atoms with van der Waals surface area (Å²) in [5.74, 6) is 0.846. The number of aliphatic hydroxyl groups is 1. The van der Waals surface area contributed by atoms with Gasteiger partial charge in [0.05, 0.1) is 25.9 Å². The maximum atomic E-state index is 10.2. The Kier molecular flexibility index (Phi) is 6.45. The Balaban J connectivity index is 1.42. The van der Waals surface area contributed by atoms with Crippen molar-refractivity contribution in [2.45, 2.75) is 38.0 Å². The maximum Gasteiger partial charge on any atom is 0.119 e. The molecule has 2 N–H and O–H groups in total. The van der Waals surface area contributed by atoms with Gasteiger partial charge < -0.3 is 19.9 Å². The van der Waals surface area contributed by atoms with Gasteiger partial charge in [0.25, 0.3) is 0 Å². The third kappa shape index (κ3) is 5.05. The number of rotatable bonds is 8. The highest BCUT2D eigenvalue weighted by Gasteiger charge is 2.21. The summed E-state index contributed by atoms with van der Waals surface area (Å²) in [4.78, 5) is 0. The molecule has 0 amide bonds. The first-order chi connectivity index (χ1) is 12.3. The molecule has 0 spiro atoms. The van der Waals surface area contributed by atoms with E-state index < -0.39 is 6.10 Å². The Hall–Kier alpha value is -1.88. The molecule has 1 aliphatic carbocycles. The van der Waals surface area contributed by atoms with Gasteiger partial charge in [-0.2, -0.15) is 0 Å². The minimum absolute atomic E-state index is 0.109. The van der Waals surface area contributed by atoms with Crippen molar-refractivity contribution < 1.29 is 14.6 Å². The molecule has 0 saturated carbocycles. The van der Waals surface area contributed by atoms with Crippen LogP contribution in [-0.2, 0) is 17.7 Å². The van der Waals surface area contributed by atoms with Crippen LogP contribution >= 0.6 is 0 Å². The van der Waals surface area contributed by atoms with Gasteiger partial charge in [0.15, 0.2) is 0 Å². The van der Waals surface area contributed by atoms with Crippen LogP contribution in [0.5, 0.6) is 5.75 Å². The van der Waals surface area contributed by atoms with Crippen molar-refractivity contribution in [3.8, 4) is 5.75 Å². The molecule has 0 bridgehead atoms. The maximum absolute atomic E-state index is 10.2. The summed E-state index contributed by atoms with van der Waals surface area (Å²) < 4.78 is 11.2. The topological polar surface area (TPSA) is 50.7 Å². The number of nitrogens with one attached hydrogen (secondary N) is 1. The van der Waals surface area contributed by atoms with Crippen molar-refractivity contribution in [2.75, 3.05) is 20.3 Å². The number of ether oxygens (including phenoxy) is 2. The molecule has 0 aliphatic heterocycles. The average Bonchev–Trinajstić information content (AvgIpc) is 2.66. The molecule has 0 saturated heterocycles. The summed E-state index contributed by atoms with van der Waals surface area (Å²) in [7, 11) is 1.66. The lowest BCUT2D eigenvalue weighted by atomic mass is 9.89. The van der Waals surface area contributed by atoms with Gasteiger partial charge in [0.2, 0.25) is 0 Å². The molecule has 2 aromatic carbocycles. The fourth-order valence-corrected chi connectivity index (χ4v) is 3.33. The van der Waals surface area contributed by atoms with Crippen LogP contribution in [0.2, 0.25) is 0 Å². The van der Waals surface area contributed by atoms with E-state index >= 15 is 0 Å². The first kappa shape index (κ1) is 17.9. The minimum Gasteiger partial charge on any atom is -0.497 e. The summed E-state index contributed by atoms with van der Waals surface area (Å²) in [6.07, 6.45) is 2.89. The number of fused-ring (bicyclic) bond motifs is 1. The number of hydrogen-bond acceptors (Lipinski definition) is 4. The molecule has 2 aromatic rings. The molecule has 0 aromatic heterocycles. The normalized spacial score (nSPS) is 17.8. The summed E-state index contributed by atoms with van der Waals surface area (Å²) >= 11 is 0. The number of hydrogen-bond donors (Lipinski definition) is 2. The highest BCUT2D eigenvalue weighted by Crippen LogP contribution is 2.32. The van der Waals surface area contributed by atoms with Gasteiger partial charge in [0.1, 0.15) is 5.75 Å². The molecule has 1 aliphatic rings. The van der Waals surface area contributed by atoms with Crippen LogP contribution in [0.25, 0.3) is 0 Å². The van der Waals surface area contributed by atoms with E-state index in [0.29, 0.717) is 19.7 Å². The molecule has 134 valence electrons. The average molecular weight is 341 g/mol. The van der Waals surface area contributed by atoms with Gasteiger partial charge in [-0.1, -0.05) is 36.4 Å². The molecule has 0 unspecified atom stereocenters. The molecule has 25 heavy (non-hydrogen) atoms. The zero-order valence-corrected chi connectivity index (χ0v) is 14.8. The van der Waals surface area contributed by atoms with Crippen LogP contribution in [0.3, 0.4) is 0 Å². The summed E-state index contributed by atoms with van der Waals surface area (Å²) in [6.45, 7) is 1.55. The predicted molar refractivity (Wildman–Crippen MR) is 98.8 cm³/mol. The van der Waals surface area contributed by atoms with Gasteiger partial charge in [-0.05, 0) is 48.1 Å². The van der Waals surface area contributed by atoms with Crippen LogP contribution in [-0.4, -0.2) is 31.5 Å². The Morgan fingerprint density at radius 3 is 2.96 bits per heavy atom. The first-order valence-corrected chi connectivity index (χ1v) is 8.97. The zero-order chi connectivity index (χ0) is 17.5. The van der Waals surface area contributed by atoms with Crippen molar-refractivity contribution in [2.24, 2.45) is 0 Å². The van der Waals surface area contributed by atoms with Crippen molar-refractivity contribution in [1.82, 2.24) is 5.32 Å². The standard InChI is InChI=1S/C21H27NO3/c1-24-19-9-4-6-16(12-19)13-22-14-18(23)15-25-21-11-5-8-17-7-2-3-10-20(17)21/h2-4,6-7,9-10,12,18,21-23H,5,8,11,13-15H2,1H3/t18-,21-/m0/s1. The minimum atomic E-state index is -0.514. The second-order valence-corrected chi connectivity index (χ2v) is 6.55. The molecular formula is C21H27NO3. The number of aryl methyl sites for hydroxylation is 1. The quantitative estimate of drug-likeness (QED) is 0.774. The van der Waals surface area contributed by atoms with Crippen LogP contribution in [0.4, 0.5) is 0 Å². The van der Waals surface area contributed by atoms with Crippen LogP contribution in [0.15, 0.2) is 48.5 Å². The van der Waals surface area contributed by atoms with E-state index in [1.54, 1.807) is 7.11 Å². The van der Waals surface area contributed by atoms with Gasteiger partial charge in [-0.3, -0.25) is 0 Å². The summed E-state index contributed by atoms with van der Waals surface area (Å²) in [6, 6.07) is 16.4. The molecule has 4 heteroatoms. The highest BCUT2D eigenvalue weighted by molar-refractivity contribution is 5.31. The Bertz CT molecular complexity index is 674. The van der Waals surface area contributed by atoms with E-state index in [9.17, 15) is 5.11 Å². The smallest absolute Gasteiger partial charge is 0.119 e. The van der Waals surface area contributed by atoms with E-state index in [1.165, 1.54) is 11.1 Å². The van der Waals surface area contributed by atoms with Gasteiger partial charge in [0, 0.05) is 13.1 Å². The van der Waals surface area contributed by atoms with Crippen LogP contribution < -0.4 is 10.1 Å². The third-order valence-electron chi connectivity index (χ3n) is 4.65. The molecule has 0 fully saturated rings. The summed E-state index contributed by atoms with van der Waals surface area (Å²) in [5.41, 5.74) is 3.79. The fraction of sp³-hybridized carbons (Fsp3) is 0.429. The zero-order valence-electron chi connectivity index (χ0n) is 14.8. The second-order valence-electron chi connectivity index (χ2n) is 6.55. The van der Waals surface area contributed by atoms with Gasteiger partial charge in [-0.25, -0.2) is 0 Å². The van der Waals surface area contributed by atoms with Gasteiger partial charge >= 0.3 is 0 Å². The largest absolute Gasteiger partial charge is 0.497 e. The first-order valence-electron chi connectivity index (χ1n) is 8.97. The fourth-order valence-electron chi connectivity index (χ4n) is 3.33. The van der Waals surface area contributed by atoms with E-state index in [-0.39, 0.29) is 6.10 Å². The monoisotopic (exact) mass is 341 g/mol. The summed E-state index contributed by atoms with van der Waals surface area (Å²) in [5, 5.41) is 13.5. The lowest BCUT2D eigenvalue weighted by Gasteiger charge is -2.26. The Morgan fingerprint density at radius 2 is 2.08 bits per heavy atom. The number of methoxy groups -OCH3 is 1.